The van der Waals surface area contributed by atoms with Crippen LogP contribution in [0.3, 0.4) is 0 Å². The van der Waals surface area contributed by atoms with E-state index in [2.05, 4.69) is 5.32 Å². The Balaban J connectivity index is 2.27. The van der Waals surface area contributed by atoms with Crippen molar-refractivity contribution in [2.24, 2.45) is 5.73 Å². The number of rotatable bonds is 1. The molecular weight excluding hydrogens is 212 g/mol. The Hall–Kier alpha value is -1.07. The molecule has 82 valence electrons. The van der Waals surface area contributed by atoms with E-state index in [0.717, 1.165) is 29.7 Å². The molecule has 1 aromatic rings. The molecule has 0 saturated heterocycles. The maximum Gasteiger partial charge on any atom is 0.312 e. The van der Waals surface area contributed by atoms with Crippen molar-refractivity contribution < 1.29 is 9.90 Å². The van der Waals surface area contributed by atoms with E-state index in [-0.39, 0.29) is 12.1 Å². The van der Waals surface area contributed by atoms with Gasteiger partial charge in [-0.3, -0.25) is 0 Å². The largest absolute Gasteiger partial charge is 0.388 e. The maximum absolute atomic E-state index is 10.8. The zero-order chi connectivity index (χ0) is 10.8. The number of fused-ring (bicyclic) bond motifs is 1. The number of hydrogen-bond donors (Lipinski definition) is 3. The quantitative estimate of drug-likeness (QED) is 0.637. The van der Waals surface area contributed by atoms with Gasteiger partial charge >= 0.3 is 6.03 Å². The number of primary amides is 1. The van der Waals surface area contributed by atoms with Crippen LogP contribution in [0, 0.1) is 0 Å². The van der Waals surface area contributed by atoms with Crippen molar-refractivity contribution in [3.05, 3.63) is 21.9 Å². The summed E-state index contributed by atoms with van der Waals surface area (Å²) >= 11 is 1.54. The third kappa shape index (κ3) is 2.13. The topological polar surface area (TPSA) is 75.4 Å². The van der Waals surface area contributed by atoms with E-state index in [1.54, 1.807) is 0 Å². The smallest absolute Gasteiger partial charge is 0.312 e. The van der Waals surface area contributed by atoms with Gasteiger partial charge in [-0.25, -0.2) is 4.79 Å². The molecule has 0 radical (unpaired) electrons. The van der Waals surface area contributed by atoms with Gasteiger partial charge in [0.1, 0.15) is 0 Å². The van der Waals surface area contributed by atoms with E-state index in [1.807, 2.05) is 11.4 Å². The Kier molecular flexibility index (Phi) is 2.93. The molecule has 1 aromatic heterocycles. The number of nitrogens with two attached hydrogens (primary N) is 1. The average molecular weight is 226 g/mol. The lowest BCUT2D eigenvalue weighted by atomic mass is 10.1. The molecule has 4 N–H and O–H groups in total. The van der Waals surface area contributed by atoms with Crippen LogP contribution in [0.15, 0.2) is 11.4 Å². The number of hydrogen-bond acceptors (Lipinski definition) is 3. The van der Waals surface area contributed by atoms with E-state index >= 15 is 0 Å². The molecule has 1 aliphatic carbocycles. The molecule has 0 bridgehead atoms. The summed E-state index contributed by atoms with van der Waals surface area (Å²) in [5.74, 6) is 0. The van der Waals surface area contributed by atoms with Gasteiger partial charge in [-0.1, -0.05) is 0 Å². The molecular formula is C10H14N2O2S. The first-order chi connectivity index (χ1) is 7.18. The van der Waals surface area contributed by atoms with Crippen LogP contribution in [0.1, 0.15) is 41.8 Å². The van der Waals surface area contributed by atoms with E-state index < -0.39 is 6.03 Å². The predicted octanol–water partition coefficient (Wildman–Crippen LogP) is 1.67. The van der Waals surface area contributed by atoms with Crippen molar-refractivity contribution in [3.63, 3.8) is 0 Å². The summed E-state index contributed by atoms with van der Waals surface area (Å²) in [5.41, 5.74) is 6.14. The Morgan fingerprint density at radius 2 is 2.40 bits per heavy atom. The second-order valence-electron chi connectivity index (χ2n) is 3.75. The number of aliphatic hydroxyl groups excluding tert-OH is 1. The summed E-state index contributed by atoms with van der Waals surface area (Å²) in [6.45, 7) is 0. The van der Waals surface area contributed by atoms with Crippen LogP contribution < -0.4 is 11.1 Å². The van der Waals surface area contributed by atoms with Crippen LogP contribution in [0.2, 0.25) is 0 Å². The zero-order valence-corrected chi connectivity index (χ0v) is 9.09. The summed E-state index contributed by atoms with van der Waals surface area (Å²) in [4.78, 5) is 11.8. The second-order valence-corrected chi connectivity index (χ2v) is 4.70. The molecule has 0 saturated carbocycles. The predicted molar refractivity (Wildman–Crippen MR) is 58.6 cm³/mol. The Morgan fingerprint density at radius 3 is 3.13 bits per heavy atom. The second kappa shape index (κ2) is 4.20. The van der Waals surface area contributed by atoms with Crippen LogP contribution in [-0.4, -0.2) is 11.1 Å². The van der Waals surface area contributed by atoms with Crippen molar-refractivity contribution in [3.8, 4) is 0 Å². The minimum absolute atomic E-state index is 0.0408. The summed E-state index contributed by atoms with van der Waals surface area (Å²) in [5, 5.41) is 14.5. The lowest BCUT2D eigenvalue weighted by Crippen LogP contribution is -2.33. The van der Waals surface area contributed by atoms with E-state index in [9.17, 15) is 9.90 Å². The molecule has 2 atom stereocenters. The molecule has 0 spiro atoms. The summed E-state index contributed by atoms with van der Waals surface area (Å²) in [6.07, 6.45) is 2.10. The Labute approximate surface area is 92.1 Å². The van der Waals surface area contributed by atoms with Gasteiger partial charge in [0.25, 0.3) is 0 Å². The fourth-order valence-electron chi connectivity index (χ4n) is 2.01. The van der Waals surface area contributed by atoms with Crippen molar-refractivity contribution in [2.75, 3.05) is 0 Å². The lowest BCUT2D eigenvalue weighted by Gasteiger charge is -2.15. The van der Waals surface area contributed by atoms with Crippen LogP contribution in [0.4, 0.5) is 4.79 Å². The SMILES string of the molecule is NC(=O)NC1CCCC(O)c2sccc21. The lowest BCUT2D eigenvalue weighted by molar-refractivity contribution is 0.170. The third-order valence-electron chi connectivity index (χ3n) is 2.69. The van der Waals surface area contributed by atoms with E-state index in [4.69, 9.17) is 5.73 Å². The highest BCUT2D eigenvalue weighted by molar-refractivity contribution is 7.10. The number of aliphatic hydroxyl groups is 1. The van der Waals surface area contributed by atoms with Gasteiger partial charge in [0.2, 0.25) is 0 Å². The van der Waals surface area contributed by atoms with Gasteiger partial charge < -0.3 is 16.2 Å². The molecule has 15 heavy (non-hydrogen) atoms. The first-order valence-electron chi connectivity index (χ1n) is 5.00. The molecule has 0 aromatic carbocycles. The highest BCUT2D eigenvalue weighted by atomic mass is 32.1. The minimum atomic E-state index is -0.506. The zero-order valence-electron chi connectivity index (χ0n) is 8.27. The molecule has 1 aliphatic rings. The molecule has 0 aliphatic heterocycles. The molecule has 0 fully saturated rings. The molecule has 4 nitrogen and oxygen atoms in total. The maximum atomic E-state index is 10.8. The van der Waals surface area contributed by atoms with Crippen molar-refractivity contribution in [1.82, 2.24) is 5.32 Å². The molecule has 2 rings (SSSR count). The number of carbonyl (C=O) groups is 1. The van der Waals surface area contributed by atoms with E-state index in [0.29, 0.717) is 0 Å². The van der Waals surface area contributed by atoms with Crippen molar-refractivity contribution >= 4 is 17.4 Å². The van der Waals surface area contributed by atoms with E-state index in [1.165, 1.54) is 11.3 Å². The fraction of sp³-hybridized carbons (Fsp3) is 0.500. The fourth-order valence-corrected chi connectivity index (χ4v) is 3.00. The highest BCUT2D eigenvalue weighted by Gasteiger charge is 2.25. The normalized spacial score (nSPS) is 25.4. The summed E-state index contributed by atoms with van der Waals surface area (Å²) in [6, 6.07) is 1.41. The van der Waals surface area contributed by atoms with Crippen molar-refractivity contribution in [1.29, 1.82) is 0 Å². The van der Waals surface area contributed by atoms with Gasteiger partial charge in [-0.15, -0.1) is 11.3 Å². The van der Waals surface area contributed by atoms with Crippen LogP contribution in [0.25, 0.3) is 0 Å². The standard InChI is InChI=1S/C10H14N2O2S/c11-10(14)12-7-2-1-3-8(13)9-6(7)4-5-15-9/h4-5,7-8,13H,1-3H2,(H3,11,12,14). The number of amides is 2. The Morgan fingerprint density at radius 1 is 1.60 bits per heavy atom. The third-order valence-corrected chi connectivity index (χ3v) is 3.73. The van der Waals surface area contributed by atoms with Gasteiger partial charge in [-0.2, -0.15) is 0 Å². The number of carbonyl (C=O) groups excluding carboxylic acids is 1. The first-order valence-corrected chi connectivity index (χ1v) is 5.88. The average Bonchev–Trinajstić information content (AvgIpc) is 2.59. The molecule has 1 heterocycles. The first kappa shape index (κ1) is 10.4. The summed E-state index contributed by atoms with van der Waals surface area (Å²) < 4.78 is 0. The monoisotopic (exact) mass is 226 g/mol. The molecule has 2 amide bonds. The van der Waals surface area contributed by atoms with Gasteiger partial charge in [0.05, 0.1) is 12.1 Å². The highest BCUT2D eigenvalue weighted by Crippen LogP contribution is 2.37. The summed E-state index contributed by atoms with van der Waals surface area (Å²) in [7, 11) is 0. The number of urea groups is 1. The molecule has 5 heteroatoms. The molecule has 2 unspecified atom stereocenters. The number of nitrogens with one attached hydrogen (secondary N) is 1. The van der Waals surface area contributed by atoms with Crippen LogP contribution in [0.5, 0.6) is 0 Å². The minimum Gasteiger partial charge on any atom is -0.388 e. The van der Waals surface area contributed by atoms with Crippen molar-refractivity contribution in [2.45, 2.75) is 31.4 Å². The van der Waals surface area contributed by atoms with Gasteiger partial charge in [0.15, 0.2) is 0 Å². The van der Waals surface area contributed by atoms with Gasteiger partial charge in [0, 0.05) is 4.88 Å². The van der Waals surface area contributed by atoms with Crippen LogP contribution in [-0.2, 0) is 0 Å². The van der Waals surface area contributed by atoms with Crippen LogP contribution >= 0.6 is 11.3 Å². The Bertz CT molecular complexity index is 364. The van der Waals surface area contributed by atoms with Gasteiger partial charge in [-0.05, 0) is 36.3 Å². The number of thiophene rings is 1.